The number of ether oxygens (including phenoxy) is 2. The molecule has 1 aliphatic heterocycles. The van der Waals surface area contributed by atoms with Crippen LogP contribution in [-0.4, -0.2) is 77.6 Å². The first-order valence-electron chi connectivity index (χ1n) is 8.67. The second-order valence-corrected chi connectivity index (χ2v) is 5.74. The van der Waals surface area contributed by atoms with Gasteiger partial charge in [0.05, 0.1) is 13.2 Å². The molecular formula is C18H31IN4O2. The van der Waals surface area contributed by atoms with Crippen LogP contribution in [0.1, 0.15) is 6.42 Å². The predicted octanol–water partition coefficient (Wildman–Crippen LogP) is 2.06. The minimum absolute atomic E-state index is 0. The Morgan fingerprint density at radius 1 is 1.08 bits per heavy atom. The monoisotopic (exact) mass is 462 g/mol. The molecule has 0 bridgehead atoms. The number of methoxy groups -OCH3 is 1. The quantitative estimate of drug-likeness (QED) is 0.278. The van der Waals surface area contributed by atoms with E-state index in [1.165, 1.54) is 5.69 Å². The van der Waals surface area contributed by atoms with E-state index in [0.717, 1.165) is 51.7 Å². The lowest BCUT2D eigenvalue weighted by atomic mass is 10.2. The Labute approximate surface area is 168 Å². The topological polar surface area (TPSA) is 49.3 Å². The van der Waals surface area contributed by atoms with Gasteiger partial charge in [-0.25, -0.2) is 0 Å². The number of guanidine groups is 1. The van der Waals surface area contributed by atoms with Crippen LogP contribution in [0.5, 0.6) is 0 Å². The highest BCUT2D eigenvalue weighted by Crippen LogP contribution is 2.15. The maximum atomic E-state index is 5.47. The van der Waals surface area contributed by atoms with Crippen molar-refractivity contribution in [2.24, 2.45) is 4.99 Å². The lowest BCUT2D eigenvalue weighted by Gasteiger charge is -2.37. The van der Waals surface area contributed by atoms with E-state index in [-0.39, 0.29) is 24.0 Å². The van der Waals surface area contributed by atoms with Crippen molar-refractivity contribution in [3.05, 3.63) is 30.3 Å². The maximum Gasteiger partial charge on any atom is 0.193 e. The Morgan fingerprint density at radius 2 is 1.80 bits per heavy atom. The first-order chi connectivity index (χ1) is 11.8. The molecule has 2 rings (SSSR count). The molecule has 0 unspecified atom stereocenters. The predicted molar refractivity (Wildman–Crippen MR) is 114 cm³/mol. The Hall–Kier alpha value is -1.06. The fraction of sp³-hybridized carbons (Fsp3) is 0.611. The molecule has 25 heavy (non-hydrogen) atoms. The van der Waals surface area contributed by atoms with Crippen molar-refractivity contribution < 1.29 is 9.47 Å². The van der Waals surface area contributed by atoms with Crippen LogP contribution in [0.25, 0.3) is 0 Å². The summed E-state index contributed by atoms with van der Waals surface area (Å²) in [6.45, 7) is 6.94. The van der Waals surface area contributed by atoms with Crippen LogP contribution < -0.4 is 10.2 Å². The normalized spacial score (nSPS) is 15.0. The van der Waals surface area contributed by atoms with E-state index in [0.29, 0.717) is 13.2 Å². The van der Waals surface area contributed by atoms with Crippen molar-refractivity contribution in [3.63, 3.8) is 0 Å². The Bertz CT molecular complexity index is 479. The van der Waals surface area contributed by atoms with Gasteiger partial charge in [-0.05, 0) is 18.6 Å². The Balaban J connectivity index is 0.00000312. The van der Waals surface area contributed by atoms with Gasteiger partial charge in [0, 0.05) is 59.2 Å². The molecule has 0 aromatic heterocycles. The van der Waals surface area contributed by atoms with Gasteiger partial charge in [-0.3, -0.25) is 4.99 Å². The summed E-state index contributed by atoms with van der Waals surface area (Å²) in [6, 6.07) is 10.6. The summed E-state index contributed by atoms with van der Waals surface area (Å²) >= 11 is 0. The zero-order valence-electron chi connectivity index (χ0n) is 15.3. The lowest BCUT2D eigenvalue weighted by molar-refractivity contribution is 0.0698. The Morgan fingerprint density at radius 3 is 2.44 bits per heavy atom. The number of hydrogen-bond donors (Lipinski definition) is 1. The molecule has 1 aromatic carbocycles. The maximum absolute atomic E-state index is 5.47. The van der Waals surface area contributed by atoms with Crippen LogP contribution >= 0.6 is 24.0 Å². The Kier molecular flexibility index (Phi) is 11.6. The highest BCUT2D eigenvalue weighted by molar-refractivity contribution is 14.0. The summed E-state index contributed by atoms with van der Waals surface area (Å²) in [5.74, 6) is 0.986. The van der Waals surface area contributed by atoms with Gasteiger partial charge in [0.15, 0.2) is 5.96 Å². The third-order valence-electron chi connectivity index (χ3n) is 4.09. The van der Waals surface area contributed by atoms with Crippen molar-refractivity contribution in [3.8, 4) is 0 Å². The molecule has 1 saturated heterocycles. The number of hydrogen-bond acceptors (Lipinski definition) is 4. The summed E-state index contributed by atoms with van der Waals surface area (Å²) in [6.07, 6.45) is 0.965. The van der Waals surface area contributed by atoms with E-state index in [9.17, 15) is 0 Å². The number of rotatable bonds is 8. The molecule has 0 saturated carbocycles. The minimum atomic E-state index is 0. The van der Waals surface area contributed by atoms with Crippen molar-refractivity contribution in [1.82, 2.24) is 10.2 Å². The number of benzene rings is 1. The number of piperazine rings is 1. The van der Waals surface area contributed by atoms with Crippen molar-refractivity contribution in [2.75, 3.05) is 71.6 Å². The number of para-hydroxylation sites is 1. The second kappa shape index (κ2) is 13.2. The lowest BCUT2D eigenvalue weighted by Crippen LogP contribution is -2.52. The van der Waals surface area contributed by atoms with E-state index in [2.05, 4.69) is 50.4 Å². The SMILES string of the molecule is CN=C(NCCCOCCOC)N1CCN(c2ccccc2)CC1.I. The molecule has 0 atom stereocenters. The molecule has 142 valence electrons. The van der Waals surface area contributed by atoms with Crippen LogP contribution in [0.2, 0.25) is 0 Å². The van der Waals surface area contributed by atoms with Crippen molar-refractivity contribution in [2.45, 2.75) is 6.42 Å². The van der Waals surface area contributed by atoms with E-state index in [1.807, 2.05) is 7.05 Å². The van der Waals surface area contributed by atoms with E-state index in [1.54, 1.807) is 7.11 Å². The number of nitrogens with zero attached hydrogens (tertiary/aromatic N) is 3. The molecule has 1 heterocycles. The number of anilines is 1. The molecule has 0 aliphatic carbocycles. The highest BCUT2D eigenvalue weighted by Gasteiger charge is 2.19. The first-order valence-corrected chi connectivity index (χ1v) is 8.67. The van der Waals surface area contributed by atoms with Gasteiger partial charge in [0.1, 0.15) is 0 Å². The molecule has 0 spiro atoms. The molecule has 7 heteroatoms. The van der Waals surface area contributed by atoms with Gasteiger partial charge >= 0.3 is 0 Å². The molecular weight excluding hydrogens is 431 g/mol. The summed E-state index contributed by atoms with van der Waals surface area (Å²) < 4.78 is 10.4. The zero-order chi connectivity index (χ0) is 17.0. The number of nitrogens with one attached hydrogen (secondary N) is 1. The van der Waals surface area contributed by atoms with Crippen molar-refractivity contribution >= 4 is 35.6 Å². The molecule has 0 amide bonds. The van der Waals surface area contributed by atoms with Gasteiger partial charge in [-0.2, -0.15) is 0 Å². The summed E-state index contributed by atoms with van der Waals surface area (Å²) in [5.41, 5.74) is 1.30. The summed E-state index contributed by atoms with van der Waals surface area (Å²) in [7, 11) is 3.54. The molecule has 0 radical (unpaired) electrons. The van der Waals surface area contributed by atoms with E-state index < -0.39 is 0 Å². The zero-order valence-corrected chi connectivity index (χ0v) is 17.6. The summed E-state index contributed by atoms with van der Waals surface area (Å²) in [5, 5.41) is 3.43. The van der Waals surface area contributed by atoms with Crippen LogP contribution in [0.15, 0.2) is 35.3 Å². The van der Waals surface area contributed by atoms with Gasteiger partial charge < -0.3 is 24.6 Å². The van der Waals surface area contributed by atoms with Gasteiger partial charge in [-0.15, -0.1) is 24.0 Å². The van der Waals surface area contributed by atoms with Gasteiger partial charge in [-0.1, -0.05) is 18.2 Å². The number of halogens is 1. The van der Waals surface area contributed by atoms with E-state index >= 15 is 0 Å². The largest absolute Gasteiger partial charge is 0.382 e. The molecule has 1 fully saturated rings. The smallest absolute Gasteiger partial charge is 0.193 e. The average Bonchev–Trinajstić information content (AvgIpc) is 2.65. The average molecular weight is 462 g/mol. The third-order valence-corrected chi connectivity index (χ3v) is 4.09. The molecule has 1 aromatic rings. The first kappa shape index (κ1) is 22.0. The van der Waals surface area contributed by atoms with Crippen LogP contribution in [-0.2, 0) is 9.47 Å². The summed E-state index contributed by atoms with van der Waals surface area (Å²) in [4.78, 5) is 9.16. The standard InChI is InChI=1S/C18H30N4O2.HI/c1-19-18(20-9-6-14-24-16-15-23-2)22-12-10-21(11-13-22)17-7-4-3-5-8-17;/h3-5,7-8H,6,9-16H2,1-2H3,(H,19,20);1H. The minimum Gasteiger partial charge on any atom is -0.382 e. The van der Waals surface area contributed by atoms with E-state index in [4.69, 9.17) is 9.47 Å². The van der Waals surface area contributed by atoms with Crippen LogP contribution in [0.3, 0.4) is 0 Å². The van der Waals surface area contributed by atoms with Crippen LogP contribution in [0, 0.1) is 0 Å². The highest BCUT2D eigenvalue weighted by atomic mass is 127. The molecule has 6 nitrogen and oxygen atoms in total. The van der Waals surface area contributed by atoms with Crippen LogP contribution in [0.4, 0.5) is 5.69 Å². The second-order valence-electron chi connectivity index (χ2n) is 5.74. The molecule has 1 N–H and O–H groups in total. The fourth-order valence-corrected chi connectivity index (χ4v) is 2.77. The van der Waals surface area contributed by atoms with Gasteiger partial charge in [0.2, 0.25) is 0 Å². The number of aliphatic imine (C=N–C) groups is 1. The third kappa shape index (κ3) is 7.79. The molecule has 1 aliphatic rings. The van der Waals surface area contributed by atoms with Gasteiger partial charge in [0.25, 0.3) is 0 Å². The van der Waals surface area contributed by atoms with Crippen molar-refractivity contribution in [1.29, 1.82) is 0 Å². The fourth-order valence-electron chi connectivity index (χ4n) is 2.77.